The maximum Gasteiger partial charge on any atom is 0.289 e. The van der Waals surface area contributed by atoms with Gasteiger partial charge >= 0.3 is 0 Å². The van der Waals surface area contributed by atoms with Crippen molar-refractivity contribution in [1.82, 2.24) is 9.97 Å². The number of nitrogens with one attached hydrogen (secondary N) is 1. The Hall–Kier alpha value is -1.39. The Labute approximate surface area is 55.9 Å². The van der Waals surface area contributed by atoms with Crippen LogP contribution >= 0.6 is 0 Å². The first-order chi connectivity index (χ1) is 4.61. The van der Waals surface area contributed by atoms with E-state index >= 15 is 0 Å². The smallest absolute Gasteiger partial charge is 0.289 e. The molecule has 0 aliphatic heterocycles. The molecule has 0 aromatic carbocycles. The third kappa shape index (κ3) is 0.975. The number of nitrogen functional groups attached to an aromatic ring is 1. The van der Waals surface area contributed by atoms with Crippen LogP contribution in [0.2, 0.25) is 0 Å². The number of anilines is 1. The lowest BCUT2D eigenvalue weighted by Crippen LogP contribution is -2.16. The molecule has 0 spiro atoms. The van der Waals surface area contributed by atoms with Crippen molar-refractivity contribution < 1.29 is 4.39 Å². The fraction of sp³-hybridized carbons (Fsp3) is 0.200. The van der Waals surface area contributed by atoms with Gasteiger partial charge in [-0.3, -0.25) is 9.78 Å². The molecule has 0 aliphatic carbocycles. The largest absolute Gasteiger partial charge is 0.393 e. The minimum absolute atomic E-state index is 0.0404. The Morgan fingerprint density at radius 2 is 2.30 bits per heavy atom. The van der Waals surface area contributed by atoms with E-state index in [0.717, 1.165) is 0 Å². The second kappa shape index (κ2) is 2.09. The third-order valence-corrected chi connectivity index (χ3v) is 1.12. The molecule has 0 aliphatic rings. The van der Waals surface area contributed by atoms with Gasteiger partial charge in [-0.2, -0.15) is 4.39 Å². The Morgan fingerprint density at radius 1 is 1.70 bits per heavy atom. The first kappa shape index (κ1) is 6.73. The van der Waals surface area contributed by atoms with Gasteiger partial charge in [0.15, 0.2) is 0 Å². The van der Waals surface area contributed by atoms with E-state index in [9.17, 15) is 9.18 Å². The number of hydrogen-bond donors (Lipinski definition) is 2. The highest BCUT2D eigenvalue weighted by atomic mass is 19.1. The van der Waals surface area contributed by atoms with E-state index in [1.54, 1.807) is 0 Å². The highest BCUT2D eigenvalue weighted by Gasteiger charge is 2.01. The Balaban J connectivity index is 3.46. The second-order valence-electron chi connectivity index (χ2n) is 1.86. The topological polar surface area (TPSA) is 71.8 Å². The van der Waals surface area contributed by atoms with Crippen LogP contribution in [0, 0.1) is 13.0 Å². The molecular formula is C5H6FN3O. The van der Waals surface area contributed by atoms with Crippen molar-refractivity contribution in [2.45, 2.75) is 6.92 Å². The molecule has 4 nitrogen and oxygen atoms in total. The number of aromatic nitrogens is 2. The van der Waals surface area contributed by atoms with Gasteiger partial charge in [-0.1, -0.05) is 0 Å². The number of H-pyrrole nitrogens is 1. The van der Waals surface area contributed by atoms with Crippen molar-refractivity contribution in [2.24, 2.45) is 0 Å². The van der Waals surface area contributed by atoms with Crippen molar-refractivity contribution in [2.75, 3.05) is 5.73 Å². The van der Waals surface area contributed by atoms with Crippen molar-refractivity contribution in [3.63, 3.8) is 0 Å². The summed E-state index contributed by atoms with van der Waals surface area (Å²) in [6, 6.07) is 0. The normalized spacial score (nSPS) is 9.80. The zero-order valence-electron chi connectivity index (χ0n) is 5.31. The summed E-state index contributed by atoms with van der Waals surface area (Å²) in [5, 5.41) is 0. The van der Waals surface area contributed by atoms with E-state index in [0.29, 0.717) is 0 Å². The van der Waals surface area contributed by atoms with Crippen LogP contribution in [-0.4, -0.2) is 9.97 Å². The average molecular weight is 143 g/mol. The lowest BCUT2D eigenvalue weighted by atomic mass is 10.4. The summed E-state index contributed by atoms with van der Waals surface area (Å²) in [5.41, 5.74) is 4.71. The molecule has 1 aromatic heterocycles. The highest BCUT2D eigenvalue weighted by Crippen LogP contribution is 1.97. The van der Waals surface area contributed by atoms with E-state index in [1.165, 1.54) is 6.92 Å². The van der Waals surface area contributed by atoms with Gasteiger partial charge in [-0.15, -0.1) is 0 Å². The van der Waals surface area contributed by atoms with E-state index in [4.69, 9.17) is 5.73 Å². The van der Waals surface area contributed by atoms with Gasteiger partial charge in [0.25, 0.3) is 11.6 Å². The first-order valence-electron chi connectivity index (χ1n) is 2.63. The quantitative estimate of drug-likeness (QED) is 0.494. The molecule has 0 amide bonds. The number of nitrogens with zero attached hydrogens (tertiary/aromatic N) is 1. The van der Waals surface area contributed by atoms with E-state index < -0.39 is 11.6 Å². The van der Waals surface area contributed by atoms with Crippen molar-refractivity contribution in [1.29, 1.82) is 0 Å². The van der Waals surface area contributed by atoms with Crippen LogP contribution in [0.4, 0.5) is 10.1 Å². The number of nitrogens with two attached hydrogens (primary N) is 1. The molecule has 1 heterocycles. The zero-order chi connectivity index (χ0) is 7.72. The first-order valence-corrected chi connectivity index (χ1v) is 2.63. The summed E-state index contributed by atoms with van der Waals surface area (Å²) in [6.45, 7) is 1.47. The van der Waals surface area contributed by atoms with Crippen LogP contribution in [0.3, 0.4) is 0 Å². The summed E-state index contributed by atoms with van der Waals surface area (Å²) in [4.78, 5) is 15.7. The molecule has 0 unspecified atom stereocenters. The second-order valence-corrected chi connectivity index (χ2v) is 1.86. The van der Waals surface area contributed by atoms with Gasteiger partial charge in [-0.05, 0) is 6.92 Å². The summed E-state index contributed by atoms with van der Waals surface area (Å²) in [6.07, 6.45) is -0.906. The van der Waals surface area contributed by atoms with Gasteiger partial charge in [0.05, 0.1) is 5.69 Å². The maximum atomic E-state index is 12.2. The molecular weight excluding hydrogens is 137 g/mol. The molecule has 0 atom stereocenters. The fourth-order valence-electron chi connectivity index (χ4n) is 0.561. The van der Waals surface area contributed by atoms with Gasteiger partial charge in [-0.25, -0.2) is 4.98 Å². The molecule has 54 valence electrons. The number of aromatic amines is 1. The lowest BCUT2D eigenvalue weighted by Gasteiger charge is -1.94. The monoisotopic (exact) mass is 143 g/mol. The summed E-state index contributed by atoms with van der Waals surface area (Å²) in [7, 11) is 0. The number of aryl methyl sites for hydroxylation is 1. The molecule has 5 heteroatoms. The van der Waals surface area contributed by atoms with Crippen LogP contribution in [0.1, 0.15) is 5.69 Å². The van der Waals surface area contributed by atoms with Gasteiger partial charge in [0.1, 0.15) is 5.69 Å². The lowest BCUT2D eigenvalue weighted by molar-refractivity contribution is 0.531. The van der Waals surface area contributed by atoms with Crippen LogP contribution in [0.5, 0.6) is 0 Å². The van der Waals surface area contributed by atoms with Gasteiger partial charge < -0.3 is 5.73 Å². The standard InChI is InChI=1S/C5H6FN3O/c1-2-3(7)4(10)9-5(6)8-2/h7H2,1H3,(H,8,9,10). The van der Waals surface area contributed by atoms with Crippen molar-refractivity contribution in [3.8, 4) is 0 Å². The minimum atomic E-state index is -0.906. The SMILES string of the molecule is Cc1nc(F)[nH]c(=O)c1N. The molecule has 1 rings (SSSR count). The minimum Gasteiger partial charge on any atom is -0.393 e. The van der Waals surface area contributed by atoms with Crippen LogP contribution in [-0.2, 0) is 0 Å². The zero-order valence-corrected chi connectivity index (χ0v) is 5.31. The summed E-state index contributed by atoms with van der Waals surface area (Å²) < 4.78 is 12.2. The highest BCUT2D eigenvalue weighted by molar-refractivity contribution is 5.38. The fourth-order valence-corrected chi connectivity index (χ4v) is 0.561. The Kier molecular flexibility index (Phi) is 1.41. The van der Waals surface area contributed by atoms with Crippen LogP contribution in [0.25, 0.3) is 0 Å². The average Bonchev–Trinajstić information content (AvgIpc) is 1.82. The predicted octanol–water partition coefficient (Wildman–Crippen LogP) is -0.200. The molecule has 0 radical (unpaired) electrons. The van der Waals surface area contributed by atoms with Crippen LogP contribution < -0.4 is 11.3 Å². The Bertz CT molecular complexity index is 306. The van der Waals surface area contributed by atoms with Crippen LogP contribution in [0.15, 0.2) is 4.79 Å². The molecule has 3 N–H and O–H groups in total. The molecule has 1 aromatic rings. The molecule has 0 bridgehead atoms. The molecule has 0 saturated heterocycles. The van der Waals surface area contributed by atoms with Gasteiger partial charge in [0.2, 0.25) is 0 Å². The number of halogens is 1. The maximum absolute atomic E-state index is 12.2. The van der Waals surface area contributed by atoms with Crippen molar-refractivity contribution in [3.05, 3.63) is 22.1 Å². The summed E-state index contributed by atoms with van der Waals surface area (Å²) >= 11 is 0. The summed E-state index contributed by atoms with van der Waals surface area (Å²) in [5.74, 6) is 0. The molecule has 10 heavy (non-hydrogen) atoms. The van der Waals surface area contributed by atoms with Crippen molar-refractivity contribution >= 4 is 5.69 Å². The van der Waals surface area contributed by atoms with E-state index in [-0.39, 0.29) is 11.4 Å². The van der Waals surface area contributed by atoms with E-state index in [2.05, 4.69) is 4.98 Å². The predicted molar refractivity (Wildman–Crippen MR) is 34.0 cm³/mol. The third-order valence-electron chi connectivity index (χ3n) is 1.12. The number of hydrogen-bond acceptors (Lipinski definition) is 3. The number of rotatable bonds is 0. The molecule has 0 saturated carbocycles. The van der Waals surface area contributed by atoms with Gasteiger partial charge in [0, 0.05) is 0 Å². The Morgan fingerprint density at radius 3 is 2.80 bits per heavy atom. The van der Waals surface area contributed by atoms with E-state index in [1.807, 2.05) is 4.98 Å². The molecule has 0 fully saturated rings.